The Morgan fingerprint density at radius 2 is 1.05 bits per heavy atom. The molecule has 0 unspecified atom stereocenters. The van der Waals surface area contributed by atoms with Crippen LogP contribution in [0.1, 0.15) is 0 Å². The van der Waals surface area contributed by atoms with Crippen molar-refractivity contribution in [2.24, 2.45) is 0 Å². The smallest absolute Gasteiger partial charge is 0.143 e. The van der Waals surface area contributed by atoms with Gasteiger partial charge in [0.15, 0.2) is 0 Å². The van der Waals surface area contributed by atoms with Gasteiger partial charge in [-0.1, -0.05) is 115 Å². The van der Waals surface area contributed by atoms with E-state index in [2.05, 4.69) is 127 Å². The Bertz CT molecular complexity index is 2480. The Balaban J connectivity index is 1.41. The van der Waals surface area contributed by atoms with E-state index in [0.717, 1.165) is 38.8 Å². The van der Waals surface area contributed by atoms with Crippen LogP contribution in [-0.4, -0.2) is 4.98 Å². The molecule has 2 nitrogen and oxygen atoms in total. The molecule has 0 atom stereocenters. The lowest BCUT2D eigenvalue weighted by Crippen LogP contribution is -1.89. The molecule has 9 aromatic rings. The molecule has 9 rings (SSSR count). The molecule has 0 saturated carbocycles. The number of rotatable bonds is 2. The molecule has 0 amide bonds. The average molecular weight is 522 g/mol. The number of furan rings is 1. The van der Waals surface area contributed by atoms with E-state index in [-0.39, 0.29) is 0 Å². The highest BCUT2D eigenvalue weighted by atomic mass is 16.3. The number of hydrogen-bond donors (Lipinski definition) is 0. The molecule has 0 saturated heterocycles. The second-order valence-electron chi connectivity index (χ2n) is 10.7. The monoisotopic (exact) mass is 521 g/mol. The zero-order valence-corrected chi connectivity index (χ0v) is 22.1. The Hall–Kier alpha value is -5.47. The summed E-state index contributed by atoms with van der Waals surface area (Å²) in [4.78, 5) is 4.75. The highest BCUT2D eigenvalue weighted by Gasteiger charge is 2.20. The zero-order valence-electron chi connectivity index (χ0n) is 22.1. The Morgan fingerprint density at radius 3 is 1.85 bits per heavy atom. The predicted molar refractivity (Wildman–Crippen MR) is 172 cm³/mol. The number of para-hydroxylation sites is 1. The second-order valence-corrected chi connectivity index (χ2v) is 10.7. The molecule has 2 heteroatoms. The molecule has 0 aliphatic carbocycles. The summed E-state index contributed by atoms with van der Waals surface area (Å²) in [6.45, 7) is 0. The molecule has 190 valence electrons. The quantitative estimate of drug-likeness (QED) is 0.226. The first kappa shape index (κ1) is 22.4. The number of benzene rings is 7. The van der Waals surface area contributed by atoms with Gasteiger partial charge in [0, 0.05) is 33.5 Å². The summed E-state index contributed by atoms with van der Waals surface area (Å²) in [7, 11) is 0. The molecule has 0 spiro atoms. The predicted octanol–water partition coefficient (Wildman–Crippen LogP) is 10.9. The van der Waals surface area contributed by atoms with Gasteiger partial charge in [-0.25, -0.2) is 0 Å². The van der Waals surface area contributed by atoms with Gasteiger partial charge in [0.25, 0.3) is 0 Å². The van der Waals surface area contributed by atoms with Crippen LogP contribution in [0.15, 0.2) is 144 Å². The molecule has 2 aromatic heterocycles. The molecule has 41 heavy (non-hydrogen) atoms. The van der Waals surface area contributed by atoms with Gasteiger partial charge < -0.3 is 4.42 Å². The number of aromatic nitrogens is 1. The minimum Gasteiger partial charge on any atom is -0.455 e. The molecule has 0 aliphatic rings. The maximum absolute atomic E-state index is 6.77. The van der Waals surface area contributed by atoms with Crippen molar-refractivity contribution in [3.8, 4) is 22.3 Å². The van der Waals surface area contributed by atoms with Crippen LogP contribution in [-0.2, 0) is 0 Å². The maximum Gasteiger partial charge on any atom is 0.143 e. The summed E-state index contributed by atoms with van der Waals surface area (Å²) in [5.41, 5.74) is 7.46. The number of nitrogens with zero attached hydrogens (tertiary/aromatic N) is 1. The lowest BCUT2D eigenvalue weighted by molar-refractivity contribution is 0.670. The van der Waals surface area contributed by atoms with Crippen LogP contribution < -0.4 is 0 Å². The van der Waals surface area contributed by atoms with E-state index in [0.29, 0.717) is 0 Å². The standard InChI is InChI=1S/C39H23NO/c1-3-13-27-24(9-1)18-21-35-36(27)37-28-14-4-2-10-26(28)23-34(39(37)41-35)32-20-19-31(29-15-5-6-16-30(29)32)33-17-7-11-25-12-8-22-40-38(25)33/h1-23H. The minimum absolute atomic E-state index is 0.916. The first-order valence-electron chi connectivity index (χ1n) is 14.0. The lowest BCUT2D eigenvalue weighted by Gasteiger charge is -2.14. The van der Waals surface area contributed by atoms with E-state index in [1.54, 1.807) is 0 Å². The summed E-state index contributed by atoms with van der Waals surface area (Å²) in [5.74, 6) is 0. The van der Waals surface area contributed by atoms with Crippen molar-refractivity contribution in [2.75, 3.05) is 0 Å². The van der Waals surface area contributed by atoms with Crippen molar-refractivity contribution >= 4 is 65.2 Å². The largest absolute Gasteiger partial charge is 0.455 e. The van der Waals surface area contributed by atoms with Crippen LogP contribution >= 0.6 is 0 Å². The van der Waals surface area contributed by atoms with Crippen LogP contribution in [0, 0.1) is 0 Å². The fourth-order valence-corrected chi connectivity index (χ4v) is 6.68. The number of fused-ring (bicyclic) bond motifs is 9. The summed E-state index contributed by atoms with van der Waals surface area (Å²) >= 11 is 0. The first-order valence-corrected chi connectivity index (χ1v) is 14.0. The van der Waals surface area contributed by atoms with Gasteiger partial charge in [-0.05, 0) is 61.6 Å². The van der Waals surface area contributed by atoms with E-state index < -0.39 is 0 Å². The molecule has 0 aliphatic heterocycles. The van der Waals surface area contributed by atoms with Crippen molar-refractivity contribution in [1.29, 1.82) is 0 Å². The highest BCUT2D eigenvalue weighted by molar-refractivity contribution is 6.29. The van der Waals surface area contributed by atoms with E-state index >= 15 is 0 Å². The van der Waals surface area contributed by atoms with Crippen LogP contribution in [0.5, 0.6) is 0 Å². The van der Waals surface area contributed by atoms with Crippen LogP contribution in [0.25, 0.3) is 87.4 Å². The molecule has 0 fully saturated rings. The second kappa shape index (κ2) is 8.51. The summed E-state index contributed by atoms with van der Waals surface area (Å²) in [5, 5.41) is 10.7. The van der Waals surface area contributed by atoms with E-state index in [9.17, 15) is 0 Å². The van der Waals surface area contributed by atoms with Crippen LogP contribution in [0.2, 0.25) is 0 Å². The van der Waals surface area contributed by atoms with Gasteiger partial charge in [0.1, 0.15) is 11.2 Å². The molecular formula is C39H23NO. The van der Waals surface area contributed by atoms with Gasteiger partial charge in [-0.3, -0.25) is 4.98 Å². The Kier molecular flexibility index (Phi) is 4.64. The topological polar surface area (TPSA) is 26.0 Å². The average Bonchev–Trinajstić information content (AvgIpc) is 3.44. The third-order valence-corrected chi connectivity index (χ3v) is 8.49. The summed E-state index contributed by atoms with van der Waals surface area (Å²) < 4.78 is 6.77. The van der Waals surface area contributed by atoms with E-state index in [4.69, 9.17) is 9.40 Å². The van der Waals surface area contributed by atoms with Gasteiger partial charge in [-0.2, -0.15) is 0 Å². The third-order valence-electron chi connectivity index (χ3n) is 8.49. The van der Waals surface area contributed by atoms with Gasteiger partial charge in [-0.15, -0.1) is 0 Å². The zero-order chi connectivity index (χ0) is 26.9. The van der Waals surface area contributed by atoms with Crippen molar-refractivity contribution in [1.82, 2.24) is 4.98 Å². The third kappa shape index (κ3) is 3.22. The Morgan fingerprint density at radius 1 is 0.415 bits per heavy atom. The van der Waals surface area contributed by atoms with Crippen molar-refractivity contribution in [3.05, 3.63) is 140 Å². The molecule has 0 radical (unpaired) electrons. The summed E-state index contributed by atoms with van der Waals surface area (Å²) in [6.07, 6.45) is 1.87. The summed E-state index contributed by atoms with van der Waals surface area (Å²) in [6, 6.07) is 47.6. The molecule has 7 aromatic carbocycles. The normalized spacial score (nSPS) is 11.9. The van der Waals surface area contributed by atoms with Crippen molar-refractivity contribution in [3.63, 3.8) is 0 Å². The van der Waals surface area contributed by atoms with Crippen molar-refractivity contribution < 1.29 is 4.42 Å². The Labute approximate surface area is 236 Å². The highest BCUT2D eigenvalue weighted by Crippen LogP contribution is 2.46. The van der Waals surface area contributed by atoms with Crippen molar-refractivity contribution in [2.45, 2.75) is 0 Å². The lowest BCUT2D eigenvalue weighted by atomic mass is 9.89. The molecular weight excluding hydrogens is 498 g/mol. The fraction of sp³-hybridized carbons (Fsp3) is 0. The van der Waals surface area contributed by atoms with E-state index in [1.165, 1.54) is 48.7 Å². The van der Waals surface area contributed by atoms with E-state index in [1.807, 2.05) is 12.3 Å². The van der Waals surface area contributed by atoms with Gasteiger partial charge >= 0.3 is 0 Å². The molecule has 0 N–H and O–H groups in total. The molecule has 0 bridgehead atoms. The van der Waals surface area contributed by atoms with Gasteiger partial charge in [0.2, 0.25) is 0 Å². The number of pyridine rings is 1. The van der Waals surface area contributed by atoms with Crippen LogP contribution in [0.4, 0.5) is 0 Å². The van der Waals surface area contributed by atoms with Crippen LogP contribution in [0.3, 0.4) is 0 Å². The SMILES string of the molecule is c1cnc2c(-c3ccc(-c4cc5ccccc5c5c4oc4ccc6ccccc6c45)c4ccccc34)cccc2c1. The molecule has 2 heterocycles. The number of hydrogen-bond acceptors (Lipinski definition) is 2. The first-order chi connectivity index (χ1) is 20.3. The maximum atomic E-state index is 6.77. The van der Waals surface area contributed by atoms with Gasteiger partial charge in [0.05, 0.1) is 5.52 Å². The minimum atomic E-state index is 0.916. The fourth-order valence-electron chi connectivity index (χ4n) is 6.68.